The van der Waals surface area contributed by atoms with Gasteiger partial charge < -0.3 is 0 Å². The smallest absolute Gasteiger partial charge is 0.0592 e. The van der Waals surface area contributed by atoms with Crippen molar-refractivity contribution in [3.8, 4) is 0 Å². The van der Waals surface area contributed by atoms with Crippen LogP contribution in [0.4, 0.5) is 0 Å². The molecule has 1 aromatic rings. The quantitative estimate of drug-likeness (QED) is 0.181. The van der Waals surface area contributed by atoms with Crippen LogP contribution in [0.2, 0.25) is 16.1 Å². The summed E-state index contributed by atoms with van der Waals surface area (Å²) in [5.41, 5.74) is 0. The lowest BCUT2D eigenvalue weighted by Gasteiger charge is -2.03. The number of rotatable bonds is 16. The standard InChI is InChI=1S/C18H40Si.C6H4Cl2/c1-2-3-4-5-6-7-8-9-10-11-12-13-14-15-16-17-18-19;7-5-3-1-2-4-6(5)8/h2-18H2,1,19H3;1-4H. The average Bonchev–Trinajstić information content (AvgIpc) is 2.68. The molecule has 1 aromatic carbocycles. The fraction of sp³-hybridized carbons (Fsp3) is 0.750. The molecule has 0 bridgehead atoms. The molecule has 0 heterocycles. The van der Waals surface area contributed by atoms with Crippen LogP contribution in [0.1, 0.15) is 110 Å². The van der Waals surface area contributed by atoms with Crippen LogP contribution in [0.3, 0.4) is 0 Å². The van der Waals surface area contributed by atoms with Crippen molar-refractivity contribution in [2.24, 2.45) is 0 Å². The highest BCUT2D eigenvalue weighted by atomic mass is 35.5. The first-order chi connectivity index (χ1) is 13.2. The highest BCUT2D eigenvalue weighted by molar-refractivity contribution is 6.41. The third-order valence-electron chi connectivity index (χ3n) is 5.03. The summed E-state index contributed by atoms with van der Waals surface area (Å²) in [6.45, 7) is 2.30. The summed E-state index contributed by atoms with van der Waals surface area (Å²) in [4.78, 5) is 0. The maximum Gasteiger partial charge on any atom is 0.0592 e. The average molecular weight is 432 g/mol. The summed E-state index contributed by atoms with van der Waals surface area (Å²) < 4.78 is 0. The van der Waals surface area contributed by atoms with E-state index in [-0.39, 0.29) is 0 Å². The summed E-state index contributed by atoms with van der Waals surface area (Å²) in [5, 5.41) is 1.21. The van der Waals surface area contributed by atoms with Crippen LogP contribution in [0, 0.1) is 0 Å². The van der Waals surface area contributed by atoms with Crippen LogP contribution >= 0.6 is 23.2 Å². The maximum atomic E-state index is 5.58. The minimum Gasteiger partial charge on any atom is -0.0827 e. The Hall–Kier alpha value is 0.0169. The van der Waals surface area contributed by atoms with Gasteiger partial charge in [-0.15, -0.1) is 0 Å². The van der Waals surface area contributed by atoms with E-state index in [0.717, 1.165) is 0 Å². The van der Waals surface area contributed by atoms with Gasteiger partial charge in [0.05, 0.1) is 10.0 Å². The molecule has 0 saturated heterocycles. The third-order valence-corrected chi connectivity index (χ3v) is 6.49. The highest BCUT2D eigenvalue weighted by Gasteiger charge is 1.94. The number of unbranched alkanes of at least 4 members (excludes halogenated alkanes) is 15. The van der Waals surface area contributed by atoms with Crippen molar-refractivity contribution in [1.82, 2.24) is 0 Å². The van der Waals surface area contributed by atoms with Crippen LogP contribution in [0.15, 0.2) is 24.3 Å². The van der Waals surface area contributed by atoms with E-state index in [0.29, 0.717) is 10.0 Å². The Morgan fingerprint density at radius 2 is 0.852 bits per heavy atom. The van der Waals surface area contributed by atoms with Crippen LogP contribution < -0.4 is 0 Å². The Kier molecular flexibility index (Phi) is 22.3. The van der Waals surface area contributed by atoms with Crippen LogP contribution in [-0.2, 0) is 0 Å². The number of hydrogen-bond acceptors (Lipinski definition) is 0. The van der Waals surface area contributed by atoms with Gasteiger partial charge >= 0.3 is 0 Å². The van der Waals surface area contributed by atoms with Crippen molar-refractivity contribution >= 4 is 33.4 Å². The van der Waals surface area contributed by atoms with Crippen molar-refractivity contribution < 1.29 is 0 Å². The second-order valence-corrected chi connectivity index (χ2v) is 9.53. The van der Waals surface area contributed by atoms with Crippen LogP contribution in [0.25, 0.3) is 0 Å². The Bertz CT molecular complexity index is 372. The van der Waals surface area contributed by atoms with Gasteiger partial charge in [0.25, 0.3) is 0 Å². The predicted molar refractivity (Wildman–Crippen MR) is 131 cm³/mol. The van der Waals surface area contributed by atoms with E-state index in [4.69, 9.17) is 23.2 Å². The largest absolute Gasteiger partial charge is 0.0827 e. The van der Waals surface area contributed by atoms with E-state index in [1.54, 1.807) is 12.1 Å². The molecule has 3 heteroatoms. The number of hydrogen-bond donors (Lipinski definition) is 0. The van der Waals surface area contributed by atoms with E-state index in [1.807, 2.05) is 12.1 Å². The van der Waals surface area contributed by atoms with Gasteiger partial charge in [0.15, 0.2) is 0 Å². The molecule has 0 nitrogen and oxygen atoms in total. The van der Waals surface area contributed by atoms with Crippen molar-refractivity contribution in [3.63, 3.8) is 0 Å². The third kappa shape index (κ3) is 20.6. The molecule has 27 heavy (non-hydrogen) atoms. The zero-order valence-corrected chi connectivity index (χ0v) is 21.6. The first-order valence-electron chi connectivity index (χ1n) is 11.6. The van der Waals surface area contributed by atoms with Crippen molar-refractivity contribution in [2.45, 2.75) is 116 Å². The normalized spacial score (nSPS) is 10.6. The lowest BCUT2D eigenvalue weighted by atomic mass is 10.0. The van der Waals surface area contributed by atoms with Gasteiger partial charge in [-0.3, -0.25) is 0 Å². The molecule has 0 aliphatic heterocycles. The monoisotopic (exact) mass is 430 g/mol. The summed E-state index contributed by atoms with van der Waals surface area (Å²) >= 11 is 11.2. The van der Waals surface area contributed by atoms with E-state index in [2.05, 4.69) is 6.92 Å². The van der Waals surface area contributed by atoms with Gasteiger partial charge in [-0.2, -0.15) is 0 Å². The Labute approximate surface area is 183 Å². The Morgan fingerprint density at radius 3 is 1.11 bits per heavy atom. The SMILES string of the molecule is CCCCCCCCCCCCCCCCCC[SiH3].Clc1ccccc1Cl. The van der Waals surface area contributed by atoms with Gasteiger partial charge in [-0.25, -0.2) is 0 Å². The molecule has 0 spiro atoms. The lowest BCUT2D eigenvalue weighted by Crippen LogP contribution is -1.83. The first-order valence-corrected chi connectivity index (χ1v) is 13.8. The van der Waals surface area contributed by atoms with Gasteiger partial charge in [-0.05, 0) is 12.1 Å². The minimum absolute atomic E-state index is 0.606. The molecule has 1 rings (SSSR count). The summed E-state index contributed by atoms with van der Waals surface area (Å²) in [7, 11) is 1.41. The molecule has 0 saturated carbocycles. The number of benzene rings is 1. The van der Waals surface area contributed by atoms with E-state index >= 15 is 0 Å². The van der Waals surface area contributed by atoms with Gasteiger partial charge in [0, 0.05) is 10.2 Å². The summed E-state index contributed by atoms with van der Waals surface area (Å²) in [5.74, 6) is 0. The molecular weight excluding hydrogens is 387 g/mol. The molecule has 0 aliphatic carbocycles. The predicted octanol–water partition coefficient (Wildman–Crippen LogP) is 9.02. The molecule has 0 aliphatic rings. The second-order valence-electron chi connectivity index (χ2n) is 7.72. The molecule has 0 amide bonds. The van der Waals surface area contributed by atoms with E-state index in [9.17, 15) is 0 Å². The number of halogens is 2. The molecule has 0 N–H and O–H groups in total. The molecule has 0 fully saturated rings. The molecule has 0 aromatic heterocycles. The van der Waals surface area contributed by atoms with Crippen LogP contribution in [-0.4, -0.2) is 10.2 Å². The maximum absolute atomic E-state index is 5.58. The molecule has 0 radical (unpaired) electrons. The van der Waals surface area contributed by atoms with E-state index in [1.165, 1.54) is 119 Å². The zero-order chi connectivity index (χ0) is 20.0. The van der Waals surface area contributed by atoms with Gasteiger partial charge in [0.2, 0.25) is 0 Å². The van der Waals surface area contributed by atoms with Crippen molar-refractivity contribution in [2.75, 3.05) is 0 Å². The summed E-state index contributed by atoms with van der Waals surface area (Å²) in [6.07, 6.45) is 23.7. The fourth-order valence-electron chi connectivity index (χ4n) is 3.24. The van der Waals surface area contributed by atoms with Crippen molar-refractivity contribution in [3.05, 3.63) is 34.3 Å². The van der Waals surface area contributed by atoms with Crippen molar-refractivity contribution in [1.29, 1.82) is 0 Å². The van der Waals surface area contributed by atoms with Gasteiger partial charge in [0.1, 0.15) is 0 Å². The topological polar surface area (TPSA) is 0 Å². The first kappa shape index (κ1) is 27.0. The fourth-order valence-corrected chi connectivity index (χ4v) is 4.01. The Balaban J connectivity index is 0.000000694. The second kappa shape index (κ2) is 22.3. The van der Waals surface area contributed by atoms with Gasteiger partial charge in [-0.1, -0.05) is 151 Å². The molecule has 0 unspecified atom stereocenters. The summed E-state index contributed by atoms with van der Waals surface area (Å²) in [6, 6.07) is 8.70. The lowest BCUT2D eigenvalue weighted by molar-refractivity contribution is 0.531. The molecular formula is C24H44Cl2Si. The molecule has 158 valence electrons. The Morgan fingerprint density at radius 1 is 0.556 bits per heavy atom. The van der Waals surface area contributed by atoms with E-state index < -0.39 is 0 Å². The molecule has 0 atom stereocenters. The highest BCUT2D eigenvalue weighted by Crippen LogP contribution is 2.19. The van der Waals surface area contributed by atoms with Crippen LogP contribution in [0.5, 0.6) is 0 Å². The zero-order valence-electron chi connectivity index (χ0n) is 18.1. The minimum atomic E-state index is 0.606.